The maximum absolute atomic E-state index is 12.9. The second-order valence-corrected chi connectivity index (χ2v) is 9.19. The molecule has 1 aliphatic rings. The number of benzene rings is 2. The molecule has 8 heteroatoms. The first-order chi connectivity index (χ1) is 13.9. The molecule has 1 amide bonds. The lowest BCUT2D eigenvalue weighted by atomic mass is 10.1. The van der Waals surface area contributed by atoms with Crippen LogP contribution in [-0.4, -0.2) is 63.0 Å². The van der Waals surface area contributed by atoms with Crippen LogP contribution in [0, 0.1) is 0 Å². The third kappa shape index (κ3) is 5.29. The van der Waals surface area contributed by atoms with Crippen LogP contribution in [0.25, 0.3) is 0 Å². The number of piperidine rings is 1. The zero-order valence-corrected chi connectivity index (χ0v) is 17.5. The number of amides is 1. The summed E-state index contributed by atoms with van der Waals surface area (Å²) in [7, 11) is 0.0712. The molecule has 1 fully saturated rings. The van der Waals surface area contributed by atoms with E-state index in [0.717, 1.165) is 31.5 Å². The molecule has 0 radical (unpaired) electrons. The van der Waals surface area contributed by atoms with Crippen molar-refractivity contribution in [3.05, 3.63) is 65.7 Å². The molecule has 0 saturated carbocycles. The van der Waals surface area contributed by atoms with Gasteiger partial charge in [-0.05, 0) is 62.8 Å². The first kappa shape index (κ1) is 21.2. The molecule has 1 aliphatic heterocycles. The molecule has 0 aliphatic carbocycles. The lowest BCUT2D eigenvalue weighted by Crippen LogP contribution is -2.44. The second-order valence-electron chi connectivity index (χ2n) is 7.19. The van der Waals surface area contributed by atoms with Gasteiger partial charge in [0.25, 0.3) is 5.91 Å². The fraction of sp³-hybridized carbons (Fsp3) is 0.333. The van der Waals surface area contributed by atoms with Gasteiger partial charge in [-0.25, -0.2) is 13.8 Å². The van der Waals surface area contributed by atoms with Gasteiger partial charge in [0.05, 0.1) is 11.1 Å². The van der Waals surface area contributed by atoms with Crippen LogP contribution in [0.2, 0.25) is 0 Å². The van der Waals surface area contributed by atoms with Gasteiger partial charge in [0.2, 0.25) is 10.0 Å². The maximum atomic E-state index is 12.9. The monoisotopic (exact) mass is 414 g/mol. The zero-order chi connectivity index (χ0) is 20.9. The van der Waals surface area contributed by atoms with Crippen molar-refractivity contribution in [2.24, 2.45) is 5.10 Å². The van der Waals surface area contributed by atoms with E-state index in [4.69, 9.17) is 0 Å². The molecular formula is C21H26N4O3S. The van der Waals surface area contributed by atoms with E-state index >= 15 is 0 Å². The van der Waals surface area contributed by atoms with Crippen LogP contribution in [0.4, 0.5) is 0 Å². The van der Waals surface area contributed by atoms with Crippen molar-refractivity contribution in [2.75, 3.05) is 27.2 Å². The highest BCUT2D eigenvalue weighted by Gasteiger charge is 2.30. The van der Waals surface area contributed by atoms with Gasteiger partial charge in [-0.3, -0.25) is 4.79 Å². The quantitative estimate of drug-likeness (QED) is 0.580. The fourth-order valence-electron chi connectivity index (χ4n) is 3.27. The predicted octanol–water partition coefficient (Wildman–Crippen LogP) is 2.17. The van der Waals surface area contributed by atoms with Crippen molar-refractivity contribution < 1.29 is 13.2 Å². The Morgan fingerprint density at radius 3 is 2.34 bits per heavy atom. The Balaban J connectivity index is 1.64. The molecule has 1 saturated heterocycles. The van der Waals surface area contributed by atoms with Gasteiger partial charge in [-0.2, -0.15) is 9.41 Å². The van der Waals surface area contributed by atoms with Crippen LogP contribution in [0.1, 0.15) is 28.8 Å². The van der Waals surface area contributed by atoms with Crippen LogP contribution in [-0.2, 0) is 10.0 Å². The van der Waals surface area contributed by atoms with Crippen LogP contribution in [0.15, 0.2) is 64.6 Å². The second kappa shape index (κ2) is 9.30. The number of sulfonamides is 1. The molecule has 154 valence electrons. The van der Waals surface area contributed by atoms with E-state index < -0.39 is 15.9 Å². The fourth-order valence-corrected chi connectivity index (χ4v) is 4.68. The number of rotatable bonds is 6. The third-order valence-electron chi connectivity index (χ3n) is 5.18. The Morgan fingerprint density at radius 2 is 1.72 bits per heavy atom. The van der Waals surface area contributed by atoms with Crippen molar-refractivity contribution in [1.82, 2.24) is 14.6 Å². The van der Waals surface area contributed by atoms with Crippen molar-refractivity contribution in [3.8, 4) is 0 Å². The van der Waals surface area contributed by atoms with Gasteiger partial charge in [-0.15, -0.1) is 0 Å². The summed E-state index contributed by atoms with van der Waals surface area (Å²) in [5.41, 5.74) is 3.66. The Labute approximate surface area is 172 Å². The summed E-state index contributed by atoms with van der Waals surface area (Å²) < 4.78 is 27.3. The lowest BCUT2D eigenvalue weighted by Gasteiger charge is -2.34. The molecule has 0 aromatic heterocycles. The van der Waals surface area contributed by atoms with Crippen LogP contribution >= 0.6 is 0 Å². The van der Waals surface area contributed by atoms with Crippen molar-refractivity contribution >= 4 is 22.1 Å². The Kier molecular flexibility index (Phi) is 6.79. The highest BCUT2D eigenvalue weighted by molar-refractivity contribution is 7.89. The average molecular weight is 415 g/mol. The van der Waals surface area contributed by atoms with E-state index in [-0.39, 0.29) is 10.9 Å². The van der Waals surface area contributed by atoms with Crippen molar-refractivity contribution in [1.29, 1.82) is 0 Å². The number of nitrogens with one attached hydrogen (secondary N) is 1. The molecule has 2 aromatic carbocycles. The van der Waals surface area contributed by atoms with E-state index in [1.54, 1.807) is 13.3 Å². The number of nitrogens with zero attached hydrogens (tertiary/aromatic N) is 3. The summed E-state index contributed by atoms with van der Waals surface area (Å²) in [6.07, 6.45) is 3.17. The van der Waals surface area contributed by atoms with Gasteiger partial charge in [0.15, 0.2) is 0 Å². The smallest absolute Gasteiger partial charge is 0.271 e. The van der Waals surface area contributed by atoms with Gasteiger partial charge in [0.1, 0.15) is 0 Å². The highest BCUT2D eigenvalue weighted by Crippen LogP contribution is 2.22. The molecule has 1 N–H and O–H groups in total. The highest BCUT2D eigenvalue weighted by atomic mass is 32.2. The number of likely N-dealkylation sites (tertiary alicyclic amines) is 1. The number of hydrazone groups is 1. The van der Waals surface area contributed by atoms with E-state index in [2.05, 4.69) is 15.4 Å². The molecule has 2 aromatic rings. The molecule has 7 nitrogen and oxygen atoms in total. The normalized spacial score (nSPS) is 16.4. The molecule has 0 spiro atoms. The molecule has 29 heavy (non-hydrogen) atoms. The number of carbonyl (C=O) groups excluding carboxylic acids is 1. The summed E-state index contributed by atoms with van der Waals surface area (Å²) in [6, 6.07) is 15.3. The van der Waals surface area contributed by atoms with Gasteiger partial charge in [0, 0.05) is 18.7 Å². The largest absolute Gasteiger partial charge is 0.306 e. The average Bonchev–Trinajstić information content (AvgIpc) is 2.74. The van der Waals surface area contributed by atoms with Crippen molar-refractivity contribution in [3.63, 3.8) is 0 Å². The van der Waals surface area contributed by atoms with Crippen molar-refractivity contribution in [2.45, 2.75) is 23.8 Å². The zero-order valence-electron chi connectivity index (χ0n) is 16.7. The Morgan fingerprint density at radius 1 is 1.10 bits per heavy atom. The van der Waals surface area contributed by atoms with E-state index in [1.807, 2.05) is 37.4 Å². The summed E-state index contributed by atoms with van der Waals surface area (Å²) in [5, 5.41) is 3.93. The summed E-state index contributed by atoms with van der Waals surface area (Å²) in [4.78, 5) is 14.6. The molecule has 3 rings (SSSR count). The minimum absolute atomic E-state index is 0.00787. The summed E-state index contributed by atoms with van der Waals surface area (Å²) in [6.45, 7) is 1.76. The summed E-state index contributed by atoms with van der Waals surface area (Å²) in [5.74, 6) is -0.398. The Bertz CT molecular complexity index is 951. The van der Waals surface area contributed by atoms with Crippen LogP contribution in [0.5, 0.6) is 0 Å². The predicted molar refractivity (Wildman–Crippen MR) is 113 cm³/mol. The number of hydrogen-bond donors (Lipinski definition) is 1. The van der Waals surface area contributed by atoms with Gasteiger partial charge >= 0.3 is 0 Å². The van der Waals surface area contributed by atoms with E-state index in [1.165, 1.54) is 28.6 Å². The molecule has 0 atom stereocenters. The number of carbonyl (C=O) groups is 1. The Hall–Kier alpha value is -2.55. The standard InChI is InChI=1S/C21H26N4O3S/c1-24-14-12-19(13-15-24)25(2)29(27,28)20-10-8-18(9-11-20)21(26)23-22-16-17-6-4-3-5-7-17/h3-11,16,19H,12-15H2,1-2H3,(H,23,26)/b22-16-. The minimum atomic E-state index is -3.60. The SMILES string of the molecule is CN1CCC(N(C)S(=O)(=O)c2ccc(C(=O)N/N=C\c3ccccc3)cc2)CC1. The lowest BCUT2D eigenvalue weighted by molar-refractivity contribution is 0.0955. The number of hydrogen-bond acceptors (Lipinski definition) is 5. The van der Waals surface area contributed by atoms with Gasteiger partial charge in [-0.1, -0.05) is 30.3 Å². The summed E-state index contributed by atoms with van der Waals surface area (Å²) >= 11 is 0. The molecular weight excluding hydrogens is 388 g/mol. The van der Waals surface area contributed by atoms with Crippen LogP contribution < -0.4 is 5.43 Å². The molecule has 0 bridgehead atoms. The first-order valence-corrected chi connectivity index (χ1v) is 11.0. The maximum Gasteiger partial charge on any atom is 0.271 e. The van der Waals surface area contributed by atoms with Gasteiger partial charge < -0.3 is 4.90 Å². The minimum Gasteiger partial charge on any atom is -0.306 e. The van der Waals surface area contributed by atoms with E-state index in [9.17, 15) is 13.2 Å². The third-order valence-corrected chi connectivity index (χ3v) is 7.10. The van der Waals surface area contributed by atoms with Crippen LogP contribution in [0.3, 0.4) is 0 Å². The topological polar surface area (TPSA) is 82.1 Å². The first-order valence-electron chi connectivity index (χ1n) is 9.53. The molecule has 1 heterocycles. The molecule has 0 unspecified atom stereocenters. The van der Waals surface area contributed by atoms with E-state index in [0.29, 0.717) is 5.56 Å².